The second kappa shape index (κ2) is 4.68. The summed E-state index contributed by atoms with van der Waals surface area (Å²) in [6.45, 7) is 3.88. The second-order valence-corrected chi connectivity index (χ2v) is 3.83. The Labute approximate surface area is 88.1 Å². The van der Waals surface area contributed by atoms with Gasteiger partial charge in [0.2, 0.25) is 0 Å². The van der Waals surface area contributed by atoms with Crippen LogP contribution in [0.2, 0.25) is 0 Å². The summed E-state index contributed by atoms with van der Waals surface area (Å²) in [6.07, 6.45) is 0.418. The molecule has 1 rings (SSSR count). The molecule has 0 heterocycles. The van der Waals surface area contributed by atoms with Gasteiger partial charge < -0.3 is 0 Å². The molecule has 1 aromatic rings. The fourth-order valence-corrected chi connectivity index (χ4v) is 1.28. The summed E-state index contributed by atoms with van der Waals surface area (Å²) in [7, 11) is 0. The van der Waals surface area contributed by atoms with E-state index in [0.29, 0.717) is 12.0 Å². The summed E-state index contributed by atoms with van der Waals surface area (Å²) in [5, 5.41) is 10.5. The summed E-state index contributed by atoms with van der Waals surface area (Å²) in [6, 6.07) is 5.85. The van der Waals surface area contributed by atoms with Gasteiger partial charge in [-0.1, -0.05) is 26.0 Å². The Kier molecular flexibility index (Phi) is 3.55. The van der Waals surface area contributed by atoms with Crippen LogP contribution in [-0.2, 0) is 0 Å². The zero-order valence-corrected chi connectivity index (χ0v) is 8.77. The third kappa shape index (κ3) is 3.16. The maximum atomic E-state index is 11.6. The summed E-state index contributed by atoms with van der Waals surface area (Å²) in [4.78, 5) is 21.6. The molecule has 0 atom stereocenters. The Morgan fingerprint density at radius 3 is 2.67 bits per heavy atom. The van der Waals surface area contributed by atoms with Crippen molar-refractivity contribution >= 4 is 11.5 Å². The minimum Gasteiger partial charge on any atom is -0.294 e. The molecule has 0 unspecified atom stereocenters. The van der Waals surface area contributed by atoms with Gasteiger partial charge in [-0.2, -0.15) is 0 Å². The molecule has 0 aromatic heterocycles. The largest absolute Gasteiger partial charge is 0.294 e. The second-order valence-electron chi connectivity index (χ2n) is 3.83. The molecule has 0 radical (unpaired) electrons. The van der Waals surface area contributed by atoms with Crippen LogP contribution in [0.25, 0.3) is 0 Å². The van der Waals surface area contributed by atoms with Gasteiger partial charge in [-0.3, -0.25) is 14.9 Å². The molecule has 15 heavy (non-hydrogen) atoms. The van der Waals surface area contributed by atoms with Gasteiger partial charge in [0, 0.05) is 24.1 Å². The van der Waals surface area contributed by atoms with Gasteiger partial charge in [0.15, 0.2) is 5.78 Å². The minimum atomic E-state index is -0.494. The third-order valence-corrected chi connectivity index (χ3v) is 1.97. The van der Waals surface area contributed by atoms with Crippen molar-refractivity contribution in [2.45, 2.75) is 20.3 Å². The standard InChI is InChI=1S/C11H13NO3/c1-8(2)6-11(13)9-4-3-5-10(7-9)12(14)15/h3-5,7-8H,6H2,1-2H3. The summed E-state index contributed by atoms with van der Waals surface area (Å²) >= 11 is 0. The average Bonchev–Trinajstić information content (AvgIpc) is 2.17. The molecule has 0 saturated carbocycles. The molecule has 0 spiro atoms. The molecule has 0 fully saturated rings. The maximum Gasteiger partial charge on any atom is 0.270 e. The predicted octanol–water partition coefficient (Wildman–Crippen LogP) is 2.82. The number of non-ortho nitro benzene ring substituents is 1. The number of nitrogens with zero attached hydrogens (tertiary/aromatic N) is 1. The zero-order valence-electron chi connectivity index (χ0n) is 8.77. The van der Waals surface area contributed by atoms with Crippen LogP contribution in [0.1, 0.15) is 30.6 Å². The SMILES string of the molecule is CC(C)CC(=O)c1cccc([N+](=O)[O-])c1. The van der Waals surface area contributed by atoms with Gasteiger partial charge >= 0.3 is 0 Å². The number of hydrogen-bond donors (Lipinski definition) is 0. The first-order valence-electron chi connectivity index (χ1n) is 4.78. The number of nitro benzene ring substituents is 1. The Bertz CT molecular complexity index is 385. The molecule has 0 aliphatic carbocycles. The van der Waals surface area contributed by atoms with Crippen molar-refractivity contribution in [2.24, 2.45) is 5.92 Å². The van der Waals surface area contributed by atoms with Crippen LogP contribution in [0.4, 0.5) is 5.69 Å². The smallest absolute Gasteiger partial charge is 0.270 e. The fourth-order valence-electron chi connectivity index (χ4n) is 1.28. The van der Waals surface area contributed by atoms with E-state index in [2.05, 4.69) is 0 Å². The molecule has 80 valence electrons. The average molecular weight is 207 g/mol. The molecule has 0 saturated heterocycles. The van der Waals surface area contributed by atoms with Gasteiger partial charge in [0.05, 0.1) is 4.92 Å². The van der Waals surface area contributed by atoms with Gasteiger partial charge in [0.1, 0.15) is 0 Å². The van der Waals surface area contributed by atoms with Crippen LogP contribution in [0.5, 0.6) is 0 Å². The molecule has 4 nitrogen and oxygen atoms in total. The molecule has 0 bridgehead atoms. The molecule has 4 heteroatoms. The summed E-state index contributed by atoms with van der Waals surface area (Å²) < 4.78 is 0. The third-order valence-electron chi connectivity index (χ3n) is 1.97. The highest BCUT2D eigenvalue weighted by atomic mass is 16.6. The summed E-state index contributed by atoms with van der Waals surface area (Å²) in [5.41, 5.74) is 0.377. The van der Waals surface area contributed by atoms with E-state index in [-0.39, 0.29) is 17.4 Å². The normalized spacial score (nSPS) is 10.3. The van der Waals surface area contributed by atoms with Crippen LogP contribution < -0.4 is 0 Å². The molecule has 0 aliphatic heterocycles. The quantitative estimate of drug-likeness (QED) is 0.433. The van der Waals surface area contributed by atoms with Crippen LogP contribution in [0.3, 0.4) is 0 Å². The van der Waals surface area contributed by atoms with Crippen molar-refractivity contribution in [2.75, 3.05) is 0 Å². The zero-order chi connectivity index (χ0) is 11.4. The van der Waals surface area contributed by atoms with Crippen LogP contribution >= 0.6 is 0 Å². The Balaban J connectivity index is 2.90. The fraction of sp³-hybridized carbons (Fsp3) is 0.364. The van der Waals surface area contributed by atoms with Crippen molar-refractivity contribution < 1.29 is 9.72 Å². The first-order chi connectivity index (χ1) is 7.00. The first-order valence-corrected chi connectivity index (χ1v) is 4.78. The number of benzene rings is 1. The van der Waals surface area contributed by atoms with E-state index >= 15 is 0 Å². The Morgan fingerprint density at radius 2 is 2.13 bits per heavy atom. The first kappa shape index (κ1) is 11.4. The monoisotopic (exact) mass is 207 g/mol. The number of hydrogen-bond acceptors (Lipinski definition) is 3. The van der Waals surface area contributed by atoms with E-state index in [9.17, 15) is 14.9 Å². The Hall–Kier alpha value is -1.71. The van der Waals surface area contributed by atoms with Crippen LogP contribution in [0.15, 0.2) is 24.3 Å². The number of carbonyl (C=O) groups excluding carboxylic acids is 1. The molecule has 0 N–H and O–H groups in total. The van der Waals surface area contributed by atoms with Gasteiger partial charge in [-0.15, -0.1) is 0 Å². The van der Waals surface area contributed by atoms with Crippen molar-refractivity contribution in [1.29, 1.82) is 0 Å². The number of rotatable bonds is 4. The van der Waals surface area contributed by atoms with Gasteiger partial charge in [0.25, 0.3) is 5.69 Å². The lowest BCUT2D eigenvalue weighted by molar-refractivity contribution is -0.384. The van der Waals surface area contributed by atoms with E-state index < -0.39 is 4.92 Å². The lowest BCUT2D eigenvalue weighted by atomic mass is 10.0. The molecule has 0 aliphatic rings. The summed E-state index contributed by atoms with van der Waals surface area (Å²) in [5.74, 6) is 0.213. The van der Waals surface area contributed by atoms with Crippen LogP contribution in [0, 0.1) is 16.0 Å². The molecular weight excluding hydrogens is 194 g/mol. The van der Waals surface area contributed by atoms with Gasteiger partial charge in [-0.25, -0.2) is 0 Å². The van der Waals surface area contributed by atoms with E-state index in [1.165, 1.54) is 18.2 Å². The van der Waals surface area contributed by atoms with Crippen molar-refractivity contribution in [3.63, 3.8) is 0 Å². The van der Waals surface area contributed by atoms with Gasteiger partial charge in [-0.05, 0) is 5.92 Å². The number of Topliss-reactive ketones (excluding diaryl/α,β-unsaturated/α-hetero) is 1. The van der Waals surface area contributed by atoms with Crippen molar-refractivity contribution in [3.05, 3.63) is 39.9 Å². The minimum absolute atomic E-state index is 0.0374. The topological polar surface area (TPSA) is 60.2 Å². The Morgan fingerprint density at radius 1 is 1.47 bits per heavy atom. The van der Waals surface area contributed by atoms with E-state index in [1.807, 2.05) is 13.8 Å². The highest BCUT2D eigenvalue weighted by Gasteiger charge is 2.12. The van der Waals surface area contributed by atoms with E-state index in [1.54, 1.807) is 6.07 Å². The molecular formula is C11H13NO3. The van der Waals surface area contributed by atoms with Crippen molar-refractivity contribution in [1.82, 2.24) is 0 Å². The predicted molar refractivity (Wildman–Crippen MR) is 56.9 cm³/mol. The van der Waals surface area contributed by atoms with E-state index in [0.717, 1.165) is 0 Å². The number of nitro groups is 1. The highest BCUT2D eigenvalue weighted by Crippen LogP contribution is 2.16. The van der Waals surface area contributed by atoms with E-state index in [4.69, 9.17) is 0 Å². The maximum absolute atomic E-state index is 11.6. The van der Waals surface area contributed by atoms with Crippen LogP contribution in [-0.4, -0.2) is 10.7 Å². The number of carbonyl (C=O) groups is 1. The highest BCUT2D eigenvalue weighted by molar-refractivity contribution is 5.96. The van der Waals surface area contributed by atoms with Crippen molar-refractivity contribution in [3.8, 4) is 0 Å². The molecule has 0 amide bonds. The molecule has 1 aromatic carbocycles. The lowest BCUT2D eigenvalue weighted by Crippen LogP contribution is -2.03. The lowest BCUT2D eigenvalue weighted by Gasteiger charge is -2.03. The number of ketones is 1.